The van der Waals surface area contributed by atoms with Crippen molar-refractivity contribution in [1.29, 1.82) is 0 Å². The molecule has 0 spiro atoms. The molecule has 8 heteroatoms. The van der Waals surface area contributed by atoms with Crippen LogP contribution in [0.3, 0.4) is 0 Å². The van der Waals surface area contributed by atoms with Gasteiger partial charge in [0.2, 0.25) is 5.95 Å². The number of anilines is 1. The molecule has 0 atom stereocenters. The second kappa shape index (κ2) is 9.70. The SMILES string of the molecule is CCCCNc1ncc2c3ccc(-c4c(F)cccc4F)cc3c(=O)n(C3CCC(O)CC3)c2n1. The lowest BCUT2D eigenvalue weighted by Gasteiger charge is -2.28. The molecule has 6 nitrogen and oxygen atoms in total. The Bertz CT molecular complexity index is 1420. The largest absolute Gasteiger partial charge is 0.393 e. The number of fused-ring (bicyclic) bond motifs is 3. The number of hydrogen-bond donors (Lipinski definition) is 2. The van der Waals surface area contributed by atoms with Gasteiger partial charge < -0.3 is 10.4 Å². The molecule has 0 bridgehead atoms. The molecule has 0 saturated heterocycles. The van der Waals surface area contributed by atoms with E-state index in [9.17, 15) is 18.7 Å². The smallest absolute Gasteiger partial charge is 0.260 e. The van der Waals surface area contributed by atoms with E-state index < -0.39 is 11.6 Å². The number of nitrogens with one attached hydrogen (secondary N) is 1. The van der Waals surface area contributed by atoms with Gasteiger partial charge in [-0.2, -0.15) is 4.98 Å². The summed E-state index contributed by atoms with van der Waals surface area (Å²) < 4.78 is 30.7. The maximum Gasteiger partial charge on any atom is 0.260 e. The molecule has 182 valence electrons. The van der Waals surface area contributed by atoms with Crippen LogP contribution < -0.4 is 10.9 Å². The molecule has 1 aliphatic rings. The van der Waals surface area contributed by atoms with Crippen LogP contribution in [0.5, 0.6) is 0 Å². The highest BCUT2D eigenvalue weighted by Gasteiger charge is 2.25. The van der Waals surface area contributed by atoms with Gasteiger partial charge in [0.1, 0.15) is 17.3 Å². The van der Waals surface area contributed by atoms with Crippen molar-refractivity contribution in [3.63, 3.8) is 0 Å². The van der Waals surface area contributed by atoms with E-state index in [1.807, 2.05) is 0 Å². The number of hydrogen-bond acceptors (Lipinski definition) is 5. The zero-order valence-corrected chi connectivity index (χ0v) is 19.6. The van der Waals surface area contributed by atoms with Crippen molar-refractivity contribution >= 4 is 27.8 Å². The Morgan fingerprint density at radius 2 is 1.80 bits per heavy atom. The minimum absolute atomic E-state index is 0.134. The molecule has 2 heterocycles. The van der Waals surface area contributed by atoms with Crippen molar-refractivity contribution in [2.75, 3.05) is 11.9 Å². The molecular formula is C27H28F2N4O2. The van der Waals surface area contributed by atoms with Crippen molar-refractivity contribution in [1.82, 2.24) is 14.5 Å². The van der Waals surface area contributed by atoms with Gasteiger partial charge in [0.05, 0.1) is 11.7 Å². The van der Waals surface area contributed by atoms with Gasteiger partial charge in [-0.3, -0.25) is 9.36 Å². The van der Waals surface area contributed by atoms with Gasteiger partial charge >= 0.3 is 0 Å². The van der Waals surface area contributed by atoms with Gasteiger partial charge in [-0.05, 0) is 61.3 Å². The Kier molecular flexibility index (Phi) is 6.47. The Hall–Kier alpha value is -3.39. The third-order valence-corrected chi connectivity index (χ3v) is 6.85. The quantitative estimate of drug-likeness (QED) is 0.279. The molecule has 1 aliphatic carbocycles. The minimum atomic E-state index is -0.683. The van der Waals surface area contributed by atoms with E-state index in [-0.39, 0.29) is 23.3 Å². The highest BCUT2D eigenvalue weighted by molar-refractivity contribution is 6.05. The van der Waals surface area contributed by atoms with Crippen molar-refractivity contribution in [3.05, 3.63) is 64.6 Å². The summed E-state index contributed by atoms with van der Waals surface area (Å²) in [4.78, 5) is 23.1. The van der Waals surface area contributed by atoms with Crippen LogP contribution in [-0.4, -0.2) is 32.3 Å². The van der Waals surface area contributed by atoms with Crippen LogP contribution in [-0.2, 0) is 0 Å². The Morgan fingerprint density at radius 3 is 2.51 bits per heavy atom. The zero-order valence-electron chi connectivity index (χ0n) is 19.6. The van der Waals surface area contributed by atoms with Crippen LogP contribution >= 0.6 is 0 Å². The van der Waals surface area contributed by atoms with Crippen LogP contribution in [0.2, 0.25) is 0 Å². The first kappa shape index (κ1) is 23.4. The zero-order chi connectivity index (χ0) is 24.5. The van der Waals surface area contributed by atoms with Crippen molar-refractivity contribution in [2.45, 2.75) is 57.6 Å². The first-order valence-electron chi connectivity index (χ1n) is 12.2. The standard InChI is InChI=1S/C27H28F2N4O2/c1-2-3-13-30-27-31-15-21-19-12-7-16(24-22(28)5-4-6-23(24)29)14-20(19)26(35)33(25(21)32-27)17-8-10-18(34)11-9-17/h4-7,12,14-15,17-18,34H,2-3,8-11,13H2,1H3,(H,30,31,32). The number of halogens is 2. The third kappa shape index (κ3) is 4.38. The molecule has 2 aromatic carbocycles. The van der Waals surface area contributed by atoms with Gasteiger partial charge in [0.15, 0.2) is 0 Å². The fourth-order valence-electron chi connectivity index (χ4n) is 4.97. The molecule has 2 aromatic heterocycles. The normalized spacial score (nSPS) is 18.3. The molecule has 5 rings (SSSR count). The van der Waals surface area contributed by atoms with Gasteiger partial charge in [0.25, 0.3) is 5.56 Å². The Balaban J connectivity index is 1.73. The van der Waals surface area contributed by atoms with E-state index in [1.165, 1.54) is 18.2 Å². The van der Waals surface area contributed by atoms with Crippen molar-refractivity contribution < 1.29 is 13.9 Å². The Morgan fingerprint density at radius 1 is 1.06 bits per heavy atom. The number of pyridine rings is 1. The molecule has 35 heavy (non-hydrogen) atoms. The van der Waals surface area contributed by atoms with Gasteiger partial charge in [-0.25, -0.2) is 13.8 Å². The lowest BCUT2D eigenvalue weighted by molar-refractivity contribution is 0.111. The second-order valence-corrected chi connectivity index (χ2v) is 9.21. The average molecular weight is 479 g/mol. The number of nitrogens with zero attached hydrogens (tertiary/aromatic N) is 3. The number of aromatic nitrogens is 3. The molecule has 0 radical (unpaired) electrons. The van der Waals surface area contributed by atoms with E-state index in [4.69, 9.17) is 4.98 Å². The molecule has 2 N–H and O–H groups in total. The Labute approximate surface area is 201 Å². The second-order valence-electron chi connectivity index (χ2n) is 9.21. The number of unbranched alkanes of at least 4 members (excludes halogenated alkanes) is 1. The molecule has 4 aromatic rings. The lowest BCUT2D eigenvalue weighted by atomic mass is 9.92. The summed E-state index contributed by atoms with van der Waals surface area (Å²) >= 11 is 0. The topological polar surface area (TPSA) is 80.0 Å². The number of rotatable bonds is 6. The van der Waals surface area contributed by atoms with Crippen molar-refractivity contribution in [2.24, 2.45) is 0 Å². The summed E-state index contributed by atoms with van der Waals surface area (Å²) in [5.74, 6) is -0.907. The summed E-state index contributed by atoms with van der Waals surface area (Å²) in [7, 11) is 0. The minimum Gasteiger partial charge on any atom is -0.393 e. The first-order valence-corrected chi connectivity index (χ1v) is 12.2. The monoisotopic (exact) mass is 478 g/mol. The van der Waals surface area contributed by atoms with Crippen molar-refractivity contribution in [3.8, 4) is 11.1 Å². The van der Waals surface area contributed by atoms with Gasteiger partial charge in [0, 0.05) is 29.6 Å². The van der Waals surface area contributed by atoms with Crippen LogP contribution in [0.25, 0.3) is 32.9 Å². The highest BCUT2D eigenvalue weighted by atomic mass is 19.1. The van der Waals surface area contributed by atoms with Gasteiger partial charge in [-0.15, -0.1) is 0 Å². The fourth-order valence-corrected chi connectivity index (χ4v) is 4.97. The molecule has 0 aliphatic heterocycles. The van der Waals surface area contributed by atoms with E-state index in [1.54, 1.807) is 29.0 Å². The summed E-state index contributed by atoms with van der Waals surface area (Å²) in [5.41, 5.74) is 0.412. The highest BCUT2D eigenvalue weighted by Crippen LogP contribution is 2.34. The number of aliphatic hydroxyl groups is 1. The van der Waals surface area contributed by atoms with E-state index in [2.05, 4.69) is 17.2 Å². The van der Waals surface area contributed by atoms with Crippen LogP contribution in [0.4, 0.5) is 14.7 Å². The number of aliphatic hydroxyl groups excluding tert-OH is 1. The van der Waals surface area contributed by atoms with Crippen LogP contribution in [0.15, 0.2) is 47.4 Å². The molecule has 0 unspecified atom stereocenters. The summed E-state index contributed by atoms with van der Waals surface area (Å²) in [6, 6.07) is 8.48. The molecule has 1 saturated carbocycles. The maximum atomic E-state index is 14.5. The van der Waals surface area contributed by atoms with E-state index >= 15 is 0 Å². The summed E-state index contributed by atoms with van der Waals surface area (Å²) in [6.07, 6.45) is 5.83. The summed E-state index contributed by atoms with van der Waals surface area (Å²) in [5, 5.41) is 14.9. The number of benzene rings is 2. The maximum absolute atomic E-state index is 14.5. The molecular weight excluding hydrogens is 450 g/mol. The predicted molar refractivity (Wildman–Crippen MR) is 134 cm³/mol. The van der Waals surface area contributed by atoms with Crippen LogP contribution in [0, 0.1) is 11.6 Å². The van der Waals surface area contributed by atoms with E-state index in [0.717, 1.165) is 19.4 Å². The van der Waals surface area contributed by atoms with E-state index in [0.29, 0.717) is 59.0 Å². The molecule has 1 fully saturated rings. The average Bonchev–Trinajstić information content (AvgIpc) is 2.85. The van der Waals surface area contributed by atoms with Gasteiger partial charge in [-0.1, -0.05) is 31.5 Å². The lowest BCUT2D eigenvalue weighted by Crippen LogP contribution is -2.30. The first-order chi connectivity index (χ1) is 17.0. The fraction of sp³-hybridized carbons (Fsp3) is 0.370. The third-order valence-electron chi connectivity index (χ3n) is 6.85. The predicted octanol–water partition coefficient (Wildman–Crippen LogP) is 5.58. The molecule has 0 amide bonds. The summed E-state index contributed by atoms with van der Waals surface area (Å²) in [6.45, 7) is 2.83. The van der Waals surface area contributed by atoms with Crippen LogP contribution in [0.1, 0.15) is 51.5 Å².